The van der Waals surface area contributed by atoms with E-state index in [1.165, 1.54) is 5.56 Å². The van der Waals surface area contributed by atoms with Gasteiger partial charge in [0, 0.05) is 7.05 Å². The lowest BCUT2D eigenvalue weighted by atomic mass is 9.94. The van der Waals surface area contributed by atoms with Crippen LogP contribution in [0.3, 0.4) is 0 Å². The van der Waals surface area contributed by atoms with Crippen LogP contribution in [0.4, 0.5) is 0 Å². The maximum absolute atomic E-state index is 12.0. The highest BCUT2D eigenvalue weighted by molar-refractivity contribution is 5.83. The van der Waals surface area contributed by atoms with E-state index >= 15 is 0 Å². The second-order valence-corrected chi connectivity index (χ2v) is 5.79. The maximum Gasteiger partial charge on any atom is 0.229 e. The van der Waals surface area contributed by atoms with Crippen LogP contribution in [-0.2, 0) is 17.8 Å². The van der Waals surface area contributed by atoms with Gasteiger partial charge in [-0.3, -0.25) is 4.79 Å². The van der Waals surface area contributed by atoms with Crippen LogP contribution in [0.25, 0.3) is 0 Å². The Kier molecular flexibility index (Phi) is 6.38. The molecule has 0 fully saturated rings. The molecule has 2 aromatic rings. The number of rotatable bonds is 7. The quantitative estimate of drug-likeness (QED) is 0.822. The Morgan fingerprint density at radius 1 is 1.25 bits per heavy atom. The molecule has 1 unspecified atom stereocenters. The molecule has 0 radical (unpaired) electrons. The van der Waals surface area contributed by atoms with Gasteiger partial charge in [-0.25, -0.2) is 0 Å². The summed E-state index contributed by atoms with van der Waals surface area (Å²) in [4.78, 5) is 12.0. The number of ether oxygens (including phenoxy) is 1. The van der Waals surface area contributed by atoms with Crippen LogP contribution in [0.15, 0.2) is 42.5 Å². The summed E-state index contributed by atoms with van der Waals surface area (Å²) in [7, 11) is 1.57. The van der Waals surface area contributed by atoms with Crippen molar-refractivity contribution in [2.45, 2.75) is 32.8 Å². The third-order valence-electron chi connectivity index (χ3n) is 4.22. The molecule has 128 valence electrons. The Morgan fingerprint density at radius 2 is 2.00 bits per heavy atom. The molecular formula is C20H25NO3. The summed E-state index contributed by atoms with van der Waals surface area (Å²) in [6.07, 6.45) is 0.955. The molecule has 4 heteroatoms. The summed E-state index contributed by atoms with van der Waals surface area (Å²) in [5.74, 6) is 0.0663. The molecule has 1 amide bonds. The number of nitrogens with one attached hydrogen (secondary N) is 1. The highest BCUT2D eigenvalue weighted by Gasteiger charge is 2.21. The first-order valence-corrected chi connectivity index (χ1v) is 8.23. The number of carbonyl (C=O) groups excluding carboxylic acids is 1. The molecule has 0 bridgehead atoms. The molecule has 2 aromatic carbocycles. The number of aryl methyl sites for hydroxylation is 2. The van der Waals surface area contributed by atoms with Crippen molar-refractivity contribution in [1.29, 1.82) is 0 Å². The van der Waals surface area contributed by atoms with Crippen molar-refractivity contribution < 1.29 is 14.6 Å². The topological polar surface area (TPSA) is 58.6 Å². The van der Waals surface area contributed by atoms with Crippen LogP contribution in [0.2, 0.25) is 0 Å². The van der Waals surface area contributed by atoms with Crippen LogP contribution >= 0.6 is 0 Å². The fraction of sp³-hybridized carbons (Fsp3) is 0.350. The molecule has 1 atom stereocenters. The van der Waals surface area contributed by atoms with Crippen molar-refractivity contribution in [3.8, 4) is 5.75 Å². The van der Waals surface area contributed by atoms with Gasteiger partial charge in [-0.2, -0.15) is 0 Å². The van der Waals surface area contributed by atoms with Crippen LogP contribution in [0.5, 0.6) is 5.75 Å². The minimum atomic E-state index is -0.585. The van der Waals surface area contributed by atoms with E-state index in [9.17, 15) is 9.90 Å². The average molecular weight is 327 g/mol. The van der Waals surface area contributed by atoms with Crippen LogP contribution < -0.4 is 10.1 Å². The standard InChI is InChI=1S/C20H25NO3/c1-4-15-10-9-14(2)19(11-15)24-13-16-7-5-6-8-17(16)18(12-22)20(23)21-3/h5-11,18,22H,4,12-13H2,1-3H3,(H,21,23). The van der Waals surface area contributed by atoms with E-state index in [4.69, 9.17) is 4.74 Å². The largest absolute Gasteiger partial charge is 0.489 e. The molecule has 0 aromatic heterocycles. The van der Waals surface area contributed by atoms with Crippen molar-refractivity contribution in [2.24, 2.45) is 0 Å². The van der Waals surface area contributed by atoms with Crippen LogP contribution in [0.1, 0.15) is 35.1 Å². The predicted octanol–water partition coefficient (Wildman–Crippen LogP) is 2.96. The van der Waals surface area contributed by atoms with Gasteiger partial charge in [-0.05, 0) is 41.7 Å². The van der Waals surface area contributed by atoms with E-state index in [1.54, 1.807) is 7.05 Å². The lowest BCUT2D eigenvalue weighted by Gasteiger charge is -2.18. The number of likely N-dealkylation sites (N-methyl/N-ethyl adjacent to an activating group) is 1. The molecule has 2 rings (SSSR count). The highest BCUT2D eigenvalue weighted by atomic mass is 16.5. The Bertz CT molecular complexity index is 697. The molecule has 0 saturated carbocycles. The summed E-state index contributed by atoms with van der Waals surface area (Å²) in [5.41, 5.74) is 4.00. The molecule has 0 aliphatic carbocycles. The number of hydrogen-bond donors (Lipinski definition) is 2. The second kappa shape index (κ2) is 8.50. The first-order valence-electron chi connectivity index (χ1n) is 8.23. The third kappa shape index (κ3) is 4.15. The smallest absolute Gasteiger partial charge is 0.229 e. The van der Waals surface area contributed by atoms with Gasteiger partial charge >= 0.3 is 0 Å². The van der Waals surface area contributed by atoms with Gasteiger partial charge in [-0.15, -0.1) is 0 Å². The van der Waals surface area contributed by atoms with Gasteiger partial charge in [0.25, 0.3) is 0 Å². The minimum absolute atomic E-state index is 0.200. The molecular weight excluding hydrogens is 302 g/mol. The number of amides is 1. The molecule has 0 spiro atoms. The molecule has 0 aliphatic rings. The monoisotopic (exact) mass is 327 g/mol. The molecule has 0 heterocycles. The number of benzene rings is 2. The fourth-order valence-corrected chi connectivity index (χ4v) is 2.68. The lowest BCUT2D eigenvalue weighted by molar-refractivity contribution is -0.122. The van der Waals surface area contributed by atoms with E-state index in [0.717, 1.165) is 28.9 Å². The fourth-order valence-electron chi connectivity index (χ4n) is 2.68. The van der Waals surface area contributed by atoms with Gasteiger partial charge in [0.2, 0.25) is 5.91 Å². The Morgan fingerprint density at radius 3 is 2.67 bits per heavy atom. The Balaban J connectivity index is 2.23. The van der Waals surface area contributed by atoms with E-state index in [2.05, 4.69) is 30.4 Å². The van der Waals surface area contributed by atoms with Crippen molar-refractivity contribution >= 4 is 5.91 Å². The summed E-state index contributed by atoms with van der Waals surface area (Å²) in [5, 5.41) is 12.2. The van der Waals surface area contributed by atoms with Gasteiger partial charge in [-0.1, -0.05) is 43.3 Å². The molecule has 24 heavy (non-hydrogen) atoms. The second-order valence-electron chi connectivity index (χ2n) is 5.79. The normalized spacial score (nSPS) is 11.8. The zero-order valence-electron chi connectivity index (χ0n) is 14.5. The van der Waals surface area contributed by atoms with Crippen molar-refractivity contribution in [1.82, 2.24) is 5.32 Å². The van der Waals surface area contributed by atoms with Crippen molar-refractivity contribution in [3.63, 3.8) is 0 Å². The summed E-state index contributed by atoms with van der Waals surface area (Å²) < 4.78 is 6.00. The predicted molar refractivity (Wildman–Crippen MR) is 95.2 cm³/mol. The first-order chi connectivity index (χ1) is 11.6. The summed E-state index contributed by atoms with van der Waals surface area (Å²) in [6.45, 7) is 4.25. The van der Waals surface area contributed by atoms with Gasteiger partial charge in [0.15, 0.2) is 0 Å². The molecule has 2 N–H and O–H groups in total. The average Bonchev–Trinajstić information content (AvgIpc) is 2.62. The number of aliphatic hydroxyl groups is 1. The van der Waals surface area contributed by atoms with E-state index < -0.39 is 5.92 Å². The Labute approximate surface area is 143 Å². The van der Waals surface area contributed by atoms with E-state index in [0.29, 0.717) is 6.61 Å². The van der Waals surface area contributed by atoms with Crippen molar-refractivity contribution in [3.05, 3.63) is 64.7 Å². The molecule has 0 saturated heterocycles. The van der Waals surface area contributed by atoms with E-state index in [-0.39, 0.29) is 12.5 Å². The zero-order valence-corrected chi connectivity index (χ0v) is 14.5. The third-order valence-corrected chi connectivity index (χ3v) is 4.22. The summed E-state index contributed by atoms with van der Waals surface area (Å²) >= 11 is 0. The van der Waals surface area contributed by atoms with Crippen molar-refractivity contribution in [2.75, 3.05) is 13.7 Å². The lowest BCUT2D eigenvalue weighted by Crippen LogP contribution is -2.29. The van der Waals surface area contributed by atoms with Crippen LogP contribution in [-0.4, -0.2) is 24.7 Å². The molecule has 4 nitrogen and oxygen atoms in total. The molecule has 0 aliphatic heterocycles. The Hall–Kier alpha value is -2.33. The number of aliphatic hydroxyl groups excluding tert-OH is 1. The minimum Gasteiger partial charge on any atom is -0.489 e. The maximum atomic E-state index is 12.0. The SMILES string of the molecule is CCc1ccc(C)c(OCc2ccccc2C(CO)C(=O)NC)c1. The summed E-state index contributed by atoms with van der Waals surface area (Å²) in [6, 6.07) is 13.8. The number of hydrogen-bond acceptors (Lipinski definition) is 3. The number of carbonyl (C=O) groups is 1. The van der Waals surface area contributed by atoms with Crippen LogP contribution in [0, 0.1) is 6.92 Å². The zero-order chi connectivity index (χ0) is 17.5. The van der Waals surface area contributed by atoms with E-state index in [1.807, 2.05) is 31.2 Å². The highest BCUT2D eigenvalue weighted by Crippen LogP contribution is 2.24. The van der Waals surface area contributed by atoms with Gasteiger partial charge in [0.05, 0.1) is 12.5 Å². The van der Waals surface area contributed by atoms with Gasteiger partial charge < -0.3 is 15.2 Å². The van der Waals surface area contributed by atoms with Gasteiger partial charge in [0.1, 0.15) is 12.4 Å². The first kappa shape index (κ1) is 18.0.